The monoisotopic (exact) mass is 327 g/mol. The van der Waals surface area contributed by atoms with Crippen molar-refractivity contribution in [2.24, 2.45) is 0 Å². The van der Waals surface area contributed by atoms with Crippen LogP contribution in [0.1, 0.15) is 5.56 Å². The van der Waals surface area contributed by atoms with Gasteiger partial charge in [-0.05, 0) is 45.8 Å². The molecule has 0 amide bonds. The van der Waals surface area contributed by atoms with E-state index in [1.165, 1.54) is 19.2 Å². The van der Waals surface area contributed by atoms with E-state index in [4.69, 9.17) is 4.74 Å². The van der Waals surface area contributed by atoms with Crippen LogP contribution in [0, 0.1) is 11.6 Å². The maximum absolute atomic E-state index is 13.5. The third-order valence-corrected chi connectivity index (χ3v) is 3.24. The number of rotatable bonds is 4. The normalized spacial score (nSPS) is 10.3. The predicted octanol–water partition coefficient (Wildman–Crippen LogP) is 4.35. The summed E-state index contributed by atoms with van der Waals surface area (Å²) in [6.07, 6.45) is 0. The third kappa shape index (κ3) is 3.44. The summed E-state index contributed by atoms with van der Waals surface area (Å²) < 4.78 is 31.8. The summed E-state index contributed by atoms with van der Waals surface area (Å²) in [6, 6.07) is 9.38. The van der Waals surface area contributed by atoms with Crippen LogP contribution in [0.2, 0.25) is 0 Å². The summed E-state index contributed by atoms with van der Waals surface area (Å²) in [7, 11) is 1.42. The highest BCUT2D eigenvalue weighted by molar-refractivity contribution is 9.10. The molecular formula is C14H12BrF2NO. The lowest BCUT2D eigenvalue weighted by Crippen LogP contribution is -2.00. The average molecular weight is 328 g/mol. The topological polar surface area (TPSA) is 21.3 Å². The maximum atomic E-state index is 13.5. The number of halogens is 3. The molecule has 5 heteroatoms. The Bertz CT molecular complexity index is 590. The van der Waals surface area contributed by atoms with Gasteiger partial charge in [0.25, 0.3) is 0 Å². The van der Waals surface area contributed by atoms with Crippen LogP contribution < -0.4 is 10.1 Å². The number of anilines is 1. The Labute approximate surface area is 118 Å². The highest BCUT2D eigenvalue weighted by Crippen LogP contribution is 2.22. The Morgan fingerprint density at radius 2 is 1.89 bits per heavy atom. The molecule has 0 radical (unpaired) electrons. The largest absolute Gasteiger partial charge is 0.494 e. The first-order valence-corrected chi connectivity index (χ1v) is 6.41. The van der Waals surface area contributed by atoms with E-state index in [-0.39, 0.29) is 11.6 Å². The number of methoxy groups -OCH3 is 1. The molecule has 2 aromatic carbocycles. The molecule has 0 spiro atoms. The SMILES string of the molecule is COc1ccc(NCc2ccc(F)c(Br)c2)cc1F. The molecule has 19 heavy (non-hydrogen) atoms. The second kappa shape index (κ2) is 6.02. The van der Waals surface area contributed by atoms with Crippen molar-refractivity contribution in [2.75, 3.05) is 12.4 Å². The van der Waals surface area contributed by atoms with Crippen LogP contribution in [0.5, 0.6) is 5.75 Å². The zero-order valence-electron chi connectivity index (χ0n) is 10.2. The second-order valence-electron chi connectivity index (χ2n) is 3.95. The first kappa shape index (κ1) is 13.8. The molecule has 0 aliphatic rings. The zero-order valence-corrected chi connectivity index (χ0v) is 11.8. The van der Waals surface area contributed by atoms with E-state index in [0.717, 1.165) is 5.56 Å². The van der Waals surface area contributed by atoms with Crippen LogP contribution in [0.4, 0.5) is 14.5 Å². The summed E-state index contributed by atoms with van der Waals surface area (Å²) >= 11 is 3.12. The lowest BCUT2D eigenvalue weighted by atomic mass is 10.2. The maximum Gasteiger partial charge on any atom is 0.167 e. The number of ether oxygens (including phenoxy) is 1. The Morgan fingerprint density at radius 3 is 2.53 bits per heavy atom. The van der Waals surface area contributed by atoms with Gasteiger partial charge in [-0.15, -0.1) is 0 Å². The van der Waals surface area contributed by atoms with Gasteiger partial charge in [0, 0.05) is 18.3 Å². The van der Waals surface area contributed by atoms with Crippen LogP contribution in [-0.4, -0.2) is 7.11 Å². The first-order chi connectivity index (χ1) is 9.10. The molecule has 0 fully saturated rings. The minimum absolute atomic E-state index is 0.204. The minimum Gasteiger partial charge on any atom is -0.494 e. The number of hydrogen-bond donors (Lipinski definition) is 1. The Kier molecular flexibility index (Phi) is 4.37. The van der Waals surface area contributed by atoms with Crippen molar-refractivity contribution >= 4 is 21.6 Å². The van der Waals surface area contributed by atoms with Gasteiger partial charge in [0.05, 0.1) is 11.6 Å². The van der Waals surface area contributed by atoms with E-state index >= 15 is 0 Å². The Morgan fingerprint density at radius 1 is 1.11 bits per heavy atom. The van der Waals surface area contributed by atoms with Gasteiger partial charge in [0.1, 0.15) is 5.82 Å². The molecule has 0 saturated carbocycles. The highest BCUT2D eigenvalue weighted by Gasteiger charge is 2.04. The van der Waals surface area contributed by atoms with E-state index in [1.54, 1.807) is 24.3 Å². The summed E-state index contributed by atoms with van der Waals surface area (Å²) in [4.78, 5) is 0. The summed E-state index contributed by atoms with van der Waals surface area (Å²) in [5.74, 6) is -0.526. The van der Waals surface area contributed by atoms with E-state index in [1.807, 2.05) is 0 Å². The second-order valence-corrected chi connectivity index (χ2v) is 4.81. The summed E-state index contributed by atoms with van der Waals surface area (Å²) in [5, 5.41) is 3.06. The van der Waals surface area contributed by atoms with Crippen molar-refractivity contribution in [3.05, 3.63) is 58.1 Å². The Hall–Kier alpha value is -1.62. The van der Waals surface area contributed by atoms with Gasteiger partial charge in [0.15, 0.2) is 11.6 Å². The molecule has 2 nitrogen and oxygen atoms in total. The fourth-order valence-corrected chi connectivity index (χ4v) is 2.06. The molecule has 0 aromatic heterocycles. The van der Waals surface area contributed by atoms with Crippen molar-refractivity contribution in [3.8, 4) is 5.75 Å². The van der Waals surface area contributed by atoms with Gasteiger partial charge in [-0.3, -0.25) is 0 Å². The molecule has 0 aliphatic carbocycles. The molecule has 2 rings (SSSR count). The van der Waals surface area contributed by atoms with Crippen molar-refractivity contribution in [2.45, 2.75) is 6.54 Å². The van der Waals surface area contributed by atoms with Gasteiger partial charge >= 0.3 is 0 Å². The van der Waals surface area contributed by atoms with E-state index in [2.05, 4.69) is 21.2 Å². The van der Waals surface area contributed by atoms with Gasteiger partial charge in [-0.25, -0.2) is 8.78 Å². The fourth-order valence-electron chi connectivity index (χ4n) is 1.63. The van der Waals surface area contributed by atoms with Crippen LogP contribution in [0.15, 0.2) is 40.9 Å². The van der Waals surface area contributed by atoms with Gasteiger partial charge in [0.2, 0.25) is 0 Å². The number of benzene rings is 2. The molecule has 1 N–H and O–H groups in total. The lowest BCUT2D eigenvalue weighted by Gasteiger charge is -2.09. The molecule has 0 heterocycles. The molecule has 100 valence electrons. The summed E-state index contributed by atoms with van der Waals surface area (Å²) in [6.45, 7) is 0.477. The number of hydrogen-bond acceptors (Lipinski definition) is 2. The molecular weight excluding hydrogens is 316 g/mol. The molecule has 0 atom stereocenters. The van der Waals surface area contributed by atoms with Crippen LogP contribution >= 0.6 is 15.9 Å². The van der Waals surface area contributed by atoms with Crippen LogP contribution in [-0.2, 0) is 6.54 Å². The molecule has 2 aromatic rings. The fraction of sp³-hybridized carbons (Fsp3) is 0.143. The van der Waals surface area contributed by atoms with Crippen molar-refractivity contribution < 1.29 is 13.5 Å². The van der Waals surface area contributed by atoms with Crippen molar-refractivity contribution in [3.63, 3.8) is 0 Å². The standard InChI is InChI=1S/C14H12BrF2NO/c1-19-14-5-3-10(7-13(14)17)18-8-9-2-4-12(16)11(15)6-9/h2-7,18H,8H2,1H3. The molecule has 0 unspecified atom stereocenters. The Balaban J connectivity index is 2.05. The van der Waals surface area contributed by atoms with E-state index in [9.17, 15) is 8.78 Å². The van der Waals surface area contributed by atoms with E-state index < -0.39 is 5.82 Å². The first-order valence-electron chi connectivity index (χ1n) is 5.61. The van der Waals surface area contributed by atoms with Gasteiger partial charge in [-0.2, -0.15) is 0 Å². The smallest absolute Gasteiger partial charge is 0.167 e. The van der Waals surface area contributed by atoms with Gasteiger partial charge in [-0.1, -0.05) is 6.07 Å². The summed E-state index contributed by atoms with van der Waals surface area (Å²) in [5.41, 5.74) is 1.53. The molecule has 0 aliphatic heterocycles. The minimum atomic E-state index is -0.423. The average Bonchev–Trinajstić information content (AvgIpc) is 2.40. The van der Waals surface area contributed by atoms with Crippen LogP contribution in [0.3, 0.4) is 0 Å². The number of nitrogens with one attached hydrogen (secondary N) is 1. The zero-order chi connectivity index (χ0) is 13.8. The molecule has 0 bridgehead atoms. The van der Waals surface area contributed by atoms with Gasteiger partial charge < -0.3 is 10.1 Å². The highest BCUT2D eigenvalue weighted by atomic mass is 79.9. The lowest BCUT2D eigenvalue weighted by molar-refractivity contribution is 0.386. The third-order valence-electron chi connectivity index (χ3n) is 2.63. The predicted molar refractivity (Wildman–Crippen MR) is 74.4 cm³/mol. The quantitative estimate of drug-likeness (QED) is 0.901. The van der Waals surface area contributed by atoms with E-state index in [0.29, 0.717) is 16.7 Å². The molecule has 0 saturated heterocycles. The van der Waals surface area contributed by atoms with Crippen LogP contribution in [0.25, 0.3) is 0 Å². The van der Waals surface area contributed by atoms with Crippen molar-refractivity contribution in [1.29, 1.82) is 0 Å². The van der Waals surface area contributed by atoms with Crippen molar-refractivity contribution in [1.82, 2.24) is 0 Å².